The number of nitrogens with one attached hydrogen (secondary N) is 1. The van der Waals surface area contributed by atoms with Crippen LogP contribution < -0.4 is 4.72 Å². The molecular weight excluding hydrogens is 295 g/mol. The molecule has 0 bridgehead atoms. The van der Waals surface area contributed by atoms with Gasteiger partial charge in [-0.1, -0.05) is 6.07 Å². The number of hydrogen-bond acceptors (Lipinski definition) is 5. The summed E-state index contributed by atoms with van der Waals surface area (Å²) >= 11 is 0. The molecule has 1 fully saturated rings. The van der Waals surface area contributed by atoms with Gasteiger partial charge in [-0.05, 0) is 25.0 Å². The van der Waals surface area contributed by atoms with Crippen LogP contribution >= 0.6 is 0 Å². The Morgan fingerprint density at radius 1 is 1.26 bits per heavy atom. The van der Waals surface area contributed by atoms with Gasteiger partial charge in [-0.3, -0.25) is 4.72 Å². The molecule has 1 aromatic heterocycles. The van der Waals surface area contributed by atoms with E-state index in [2.05, 4.69) is 9.71 Å². The lowest BCUT2D eigenvalue weighted by Gasteiger charge is -2.22. The molecule has 0 amide bonds. The maximum absolute atomic E-state index is 12.9. The van der Waals surface area contributed by atoms with Gasteiger partial charge in [-0.15, -0.1) is 0 Å². The fourth-order valence-electron chi connectivity index (χ4n) is 1.87. The van der Waals surface area contributed by atoms with Gasteiger partial charge in [0.15, 0.2) is 0 Å². The lowest BCUT2D eigenvalue weighted by atomic mass is 10.2. The summed E-state index contributed by atoms with van der Waals surface area (Å²) in [6.45, 7) is 0. The zero-order chi connectivity index (χ0) is 14.1. The molecule has 0 aromatic carbocycles. The molecule has 0 atom stereocenters. The normalized spacial score (nSPS) is 20.1. The van der Waals surface area contributed by atoms with Crippen molar-refractivity contribution in [1.29, 1.82) is 0 Å². The smallest absolute Gasteiger partial charge is 0.236 e. The zero-order valence-electron chi connectivity index (χ0n) is 9.91. The highest BCUT2D eigenvalue weighted by atomic mass is 32.2. The van der Waals surface area contributed by atoms with E-state index in [1.54, 1.807) is 0 Å². The van der Waals surface area contributed by atoms with E-state index in [4.69, 9.17) is 0 Å². The summed E-state index contributed by atoms with van der Waals surface area (Å²) in [6.07, 6.45) is 0.0972. The lowest BCUT2D eigenvalue weighted by Crippen LogP contribution is -2.36. The zero-order valence-corrected chi connectivity index (χ0v) is 11.5. The van der Waals surface area contributed by atoms with Crippen LogP contribution in [0.3, 0.4) is 0 Å². The van der Waals surface area contributed by atoms with E-state index in [1.165, 1.54) is 12.1 Å². The van der Waals surface area contributed by atoms with Crippen molar-refractivity contribution in [3.63, 3.8) is 0 Å². The minimum absolute atomic E-state index is 0.0486. The Morgan fingerprint density at radius 3 is 2.47 bits per heavy atom. The number of aromatic nitrogens is 1. The summed E-state index contributed by atoms with van der Waals surface area (Å²) in [7, 11) is -6.87. The van der Waals surface area contributed by atoms with Crippen molar-refractivity contribution in [1.82, 2.24) is 4.98 Å². The quantitative estimate of drug-likeness (QED) is 0.823. The SMILES string of the molecule is O=S1(=O)CCC(S(=O)(=O)Nc2cccc(F)n2)CC1. The molecule has 0 unspecified atom stereocenters. The molecule has 0 aliphatic carbocycles. The molecule has 1 aliphatic heterocycles. The van der Waals surface area contributed by atoms with Crippen LogP contribution in [-0.2, 0) is 19.9 Å². The van der Waals surface area contributed by atoms with Crippen LogP contribution in [0.5, 0.6) is 0 Å². The minimum Gasteiger partial charge on any atom is -0.267 e. The van der Waals surface area contributed by atoms with Crippen molar-refractivity contribution in [2.75, 3.05) is 16.2 Å². The van der Waals surface area contributed by atoms with Crippen LogP contribution in [0.2, 0.25) is 0 Å². The predicted molar refractivity (Wildman–Crippen MR) is 68.4 cm³/mol. The molecule has 1 aliphatic rings. The second-order valence-corrected chi connectivity index (χ2v) is 8.61. The molecule has 9 heteroatoms. The Bertz CT molecular complexity index is 659. The van der Waals surface area contributed by atoms with Gasteiger partial charge in [-0.2, -0.15) is 4.39 Å². The first-order chi connectivity index (χ1) is 8.78. The molecule has 0 spiro atoms. The highest BCUT2D eigenvalue weighted by Crippen LogP contribution is 2.21. The molecule has 19 heavy (non-hydrogen) atoms. The fourth-order valence-corrected chi connectivity index (χ4v) is 5.09. The largest absolute Gasteiger partial charge is 0.267 e. The Kier molecular flexibility index (Phi) is 3.77. The Hall–Kier alpha value is -1.22. The van der Waals surface area contributed by atoms with Crippen molar-refractivity contribution in [2.45, 2.75) is 18.1 Å². The minimum atomic E-state index is -3.75. The summed E-state index contributed by atoms with van der Waals surface area (Å²) in [6, 6.07) is 3.77. The predicted octanol–water partition coefficient (Wildman–Crippen LogP) is 0.540. The number of sulfonamides is 1. The first kappa shape index (κ1) is 14.2. The second kappa shape index (κ2) is 5.04. The maximum Gasteiger partial charge on any atom is 0.236 e. The molecule has 1 saturated heterocycles. The Balaban J connectivity index is 2.11. The van der Waals surface area contributed by atoms with Crippen molar-refractivity contribution in [3.05, 3.63) is 24.1 Å². The number of rotatable bonds is 3. The maximum atomic E-state index is 12.9. The van der Waals surface area contributed by atoms with Crippen molar-refractivity contribution in [3.8, 4) is 0 Å². The van der Waals surface area contributed by atoms with Crippen LogP contribution in [-0.4, -0.2) is 38.6 Å². The number of halogens is 1. The molecule has 2 rings (SSSR count). The van der Waals surface area contributed by atoms with Crippen LogP contribution in [0.15, 0.2) is 18.2 Å². The number of nitrogens with zero attached hydrogens (tertiary/aromatic N) is 1. The third-order valence-electron chi connectivity index (χ3n) is 2.90. The molecule has 106 valence electrons. The van der Waals surface area contributed by atoms with Gasteiger partial charge >= 0.3 is 0 Å². The van der Waals surface area contributed by atoms with Crippen LogP contribution in [0.25, 0.3) is 0 Å². The van der Waals surface area contributed by atoms with Gasteiger partial charge in [0.1, 0.15) is 15.7 Å². The van der Waals surface area contributed by atoms with Crippen LogP contribution in [0.4, 0.5) is 10.2 Å². The van der Waals surface area contributed by atoms with Gasteiger partial charge in [0.2, 0.25) is 16.0 Å². The second-order valence-electron chi connectivity index (χ2n) is 4.34. The standard InChI is InChI=1S/C10H13FN2O4S2/c11-9-2-1-3-10(12-9)13-19(16,17)8-4-6-18(14,15)7-5-8/h1-3,8H,4-7H2,(H,12,13). The summed E-state index contributed by atoms with van der Waals surface area (Å²) in [5.74, 6) is -1.18. The number of sulfone groups is 1. The third-order valence-corrected chi connectivity index (χ3v) is 6.46. The van der Waals surface area contributed by atoms with Gasteiger partial charge in [0.05, 0.1) is 16.8 Å². The van der Waals surface area contributed by atoms with E-state index >= 15 is 0 Å². The summed E-state index contributed by atoms with van der Waals surface area (Å²) in [4.78, 5) is 3.41. The topological polar surface area (TPSA) is 93.2 Å². The third kappa shape index (κ3) is 3.63. The summed E-state index contributed by atoms with van der Waals surface area (Å²) in [5.41, 5.74) is 0. The Morgan fingerprint density at radius 2 is 1.89 bits per heavy atom. The summed E-state index contributed by atoms with van der Waals surface area (Å²) in [5, 5.41) is -0.791. The molecule has 1 N–H and O–H groups in total. The van der Waals surface area contributed by atoms with E-state index in [1.807, 2.05) is 0 Å². The van der Waals surface area contributed by atoms with Crippen molar-refractivity contribution >= 4 is 25.7 Å². The fraction of sp³-hybridized carbons (Fsp3) is 0.500. The first-order valence-corrected chi connectivity index (χ1v) is 9.00. The van der Waals surface area contributed by atoms with E-state index in [0.29, 0.717) is 0 Å². The van der Waals surface area contributed by atoms with Gasteiger partial charge in [0.25, 0.3) is 0 Å². The van der Waals surface area contributed by atoms with E-state index in [-0.39, 0.29) is 30.2 Å². The highest BCUT2D eigenvalue weighted by Gasteiger charge is 2.32. The molecular formula is C10H13FN2O4S2. The first-order valence-electron chi connectivity index (χ1n) is 5.63. The monoisotopic (exact) mass is 308 g/mol. The highest BCUT2D eigenvalue weighted by molar-refractivity contribution is 7.94. The van der Waals surface area contributed by atoms with Crippen molar-refractivity contribution < 1.29 is 21.2 Å². The van der Waals surface area contributed by atoms with Gasteiger partial charge < -0.3 is 0 Å². The van der Waals surface area contributed by atoms with Crippen LogP contribution in [0.1, 0.15) is 12.8 Å². The van der Waals surface area contributed by atoms with Crippen LogP contribution in [0, 0.1) is 5.95 Å². The summed E-state index contributed by atoms with van der Waals surface area (Å²) < 4.78 is 61.6. The van der Waals surface area contributed by atoms with Crippen molar-refractivity contribution in [2.24, 2.45) is 0 Å². The van der Waals surface area contributed by atoms with E-state index < -0.39 is 31.1 Å². The molecule has 2 heterocycles. The molecule has 1 aromatic rings. The van der Waals surface area contributed by atoms with Gasteiger partial charge in [0, 0.05) is 0 Å². The van der Waals surface area contributed by atoms with Gasteiger partial charge in [-0.25, -0.2) is 21.8 Å². The lowest BCUT2D eigenvalue weighted by molar-refractivity contribution is 0.555. The number of hydrogen-bond donors (Lipinski definition) is 1. The molecule has 0 radical (unpaired) electrons. The number of pyridine rings is 1. The number of anilines is 1. The van der Waals surface area contributed by atoms with E-state index in [0.717, 1.165) is 6.07 Å². The average Bonchev–Trinajstić information content (AvgIpc) is 2.27. The van der Waals surface area contributed by atoms with E-state index in [9.17, 15) is 21.2 Å². The molecule has 6 nitrogen and oxygen atoms in total. The average molecular weight is 308 g/mol. The Labute approximate surface area is 111 Å². The molecule has 0 saturated carbocycles.